The van der Waals surface area contributed by atoms with Gasteiger partial charge in [-0.25, -0.2) is 4.39 Å². The number of ether oxygens (including phenoxy) is 1. The number of hydrogen-bond acceptors (Lipinski definition) is 5. The number of carbonyl (C=O) groups is 3. The molecular weight excluding hydrogens is 423 g/mol. The van der Waals surface area contributed by atoms with Crippen molar-refractivity contribution in [3.8, 4) is 0 Å². The third-order valence-electron chi connectivity index (χ3n) is 6.26. The predicted molar refractivity (Wildman–Crippen MR) is 119 cm³/mol. The van der Waals surface area contributed by atoms with Crippen molar-refractivity contribution in [2.24, 2.45) is 5.92 Å². The minimum absolute atomic E-state index is 0.0111. The molecule has 0 fully saturated rings. The second-order valence-corrected chi connectivity index (χ2v) is 8.46. The normalized spacial score (nSPS) is 21.5. The summed E-state index contributed by atoms with van der Waals surface area (Å²) in [6.07, 6.45) is 5.57. The highest BCUT2D eigenvalue weighted by atomic mass is 19.1. The molecule has 5 rings (SSSR count). The van der Waals surface area contributed by atoms with E-state index in [2.05, 4.69) is 4.90 Å². The molecule has 0 radical (unpaired) electrons. The summed E-state index contributed by atoms with van der Waals surface area (Å²) in [5, 5.41) is 0. The molecule has 2 aromatic carbocycles. The van der Waals surface area contributed by atoms with Gasteiger partial charge in [0.05, 0.1) is 23.7 Å². The molecule has 7 heteroatoms. The van der Waals surface area contributed by atoms with Crippen molar-refractivity contribution in [3.05, 3.63) is 95.0 Å². The number of rotatable bonds is 7. The van der Waals surface area contributed by atoms with Crippen LogP contribution >= 0.6 is 0 Å². The van der Waals surface area contributed by atoms with Gasteiger partial charge in [0.25, 0.3) is 11.8 Å². The van der Waals surface area contributed by atoms with E-state index in [9.17, 15) is 18.8 Å². The van der Waals surface area contributed by atoms with E-state index in [-0.39, 0.29) is 35.9 Å². The summed E-state index contributed by atoms with van der Waals surface area (Å²) >= 11 is 0. The zero-order valence-corrected chi connectivity index (χ0v) is 17.9. The summed E-state index contributed by atoms with van der Waals surface area (Å²) in [6.45, 7) is 1.66. The van der Waals surface area contributed by atoms with Gasteiger partial charge in [-0.1, -0.05) is 30.3 Å². The number of hydrogen-bond donors (Lipinski definition) is 0. The van der Waals surface area contributed by atoms with Crippen molar-refractivity contribution in [3.63, 3.8) is 0 Å². The van der Waals surface area contributed by atoms with E-state index in [1.54, 1.807) is 42.5 Å². The minimum atomic E-state index is -0.659. The van der Waals surface area contributed by atoms with Gasteiger partial charge in [-0.05, 0) is 47.9 Å². The largest absolute Gasteiger partial charge is 0.376 e. The Hall–Kier alpha value is -3.58. The zero-order valence-electron chi connectivity index (χ0n) is 17.9. The number of benzene rings is 2. The van der Waals surface area contributed by atoms with E-state index >= 15 is 0 Å². The lowest BCUT2D eigenvalue weighted by atomic mass is 9.88. The Morgan fingerprint density at radius 3 is 2.45 bits per heavy atom. The van der Waals surface area contributed by atoms with Crippen LogP contribution in [-0.2, 0) is 16.1 Å². The minimum Gasteiger partial charge on any atom is -0.376 e. The Morgan fingerprint density at radius 2 is 1.73 bits per heavy atom. The van der Waals surface area contributed by atoms with Gasteiger partial charge in [0.2, 0.25) is 0 Å². The van der Waals surface area contributed by atoms with E-state index in [0.717, 1.165) is 5.57 Å². The van der Waals surface area contributed by atoms with E-state index in [1.807, 2.05) is 12.3 Å². The first-order valence-corrected chi connectivity index (χ1v) is 11.0. The lowest BCUT2D eigenvalue weighted by molar-refractivity contribution is -0.131. The van der Waals surface area contributed by atoms with Gasteiger partial charge in [0.1, 0.15) is 11.9 Å². The zero-order chi connectivity index (χ0) is 22.9. The van der Waals surface area contributed by atoms with Crippen molar-refractivity contribution < 1.29 is 23.5 Å². The van der Waals surface area contributed by atoms with Gasteiger partial charge in [-0.15, -0.1) is 0 Å². The summed E-state index contributed by atoms with van der Waals surface area (Å²) in [4.78, 5) is 41.2. The smallest absolute Gasteiger partial charge is 0.261 e. The number of fused-ring (bicyclic) bond motifs is 2. The Morgan fingerprint density at radius 1 is 0.970 bits per heavy atom. The molecule has 2 atom stereocenters. The average Bonchev–Trinajstić information content (AvgIpc) is 3.34. The molecule has 2 aliphatic heterocycles. The summed E-state index contributed by atoms with van der Waals surface area (Å²) in [5.74, 6) is -1.12. The summed E-state index contributed by atoms with van der Waals surface area (Å²) in [5.41, 5.74) is 2.53. The standard InChI is InChI=1S/C26H23FN2O4/c27-19-6-3-5-17(13-19)16-33-23-10-9-18-14-28(15-22(18)24(23)30)11-4-12-29-25(31)20-7-1-2-8-21(20)26(29)32/h1-3,5-10,13-14,22-23H,4,11-12,15-16H2. The maximum atomic E-state index is 13.4. The fourth-order valence-corrected chi connectivity index (χ4v) is 4.58. The second-order valence-electron chi connectivity index (χ2n) is 8.46. The van der Waals surface area contributed by atoms with Crippen LogP contribution in [-0.4, -0.2) is 53.1 Å². The van der Waals surface area contributed by atoms with Gasteiger partial charge < -0.3 is 9.64 Å². The summed E-state index contributed by atoms with van der Waals surface area (Å²) in [6, 6.07) is 13.0. The molecule has 0 bridgehead atoms. The lowest BCUT2D eigenvalue weighted by Gasteiger charge is -2.24. The quantitative estimate of drug-likeness (QED) is 0.611. The number of Topliss-reactive ketones (excluding diaryl/α,β-unsaturated/α-hetero) is 1. The van der Waals surface area contributed by atoms with Crippen LogP contribution in [0.25, 0.3) is 0 Å². The first-order valence-electron chi connectivity index (χ1n) is 11.0. The fourth-order valence-electron chi connectivity index (χ4n) is 4.58. The second kappa shape index (κ2) is 8.75. The molecule has 2 unspecified atom stereocenters. The molecule has 0 aromatic heterocycles. The third-order valence-corrected chi connectivity index (χ3v) is 6.26. The maximum absolute atomic E-state index is 13.4. The van der Waals surface area contributed by atoms with Crippen molar-refractivity contribution >= 4 is 17.6 Å². The van der Waals surface area contributed by atoms with Crippen LogP contribution in [0, 0.1) is 11.7 Å². The monoisotopic (exact) mass is 446 g/mol. The van der Waals surface area contributed by atoms with Crippen molar-refractivity contribution in [1.82, 2.24) is 9.80 Å². The number of imide groups is 1. The molecule has 0 saturated heterocycles. The first kappa shape index (κ1) is 21.3. The van der Waals surface area contributed by atoms with Crippen LogP contribution in [0.3, 0.4) is 0 Å². The molecule has 33 heavy (non-hydrogen) atoms. The average molecular weight is 446 g/mol. The highest BCUT2D eigenvalue weighted by Gasteiger charge is 2.37. The van der Waals surface area contributed by atoms with Gasteiger partial charge in [0.15, 0.2) is 5.78 Å². The van der Waals surface area contributed by atoms with Crippen molar-refractivity contribution in [2.45, 2.75) is 19.1 Å². The van der Waals surface area contributed by atoms with Crippen LogP contribution in [0.15, 0.2) is 72.5 Å². The molecule has 2 heterocycles. The Kier molecular flexibility index (Phi) is 5.64. The number of halogens is 1. The lowest BCUT2D eigenvalue weighted by Crippen LogP contribution is -2.36. The van der Waals surface area contributed by atoms with Gasteiger partial charge in [-0.2, -0.15) is 0 Å². The molecular formula is C26H23FN2O4. The molecule has 3 aliphatic rings. The third kappa shape index (κ3) is 4.12. The van der Waals surface area contributed by atoms with E-state index < -0.39 is 6.10 Å². The number of amides is 2. The van der Waals surface area contributed by atoms with Crippen LogP contribution < -0.4 is 0 Å². The van der Waals surface area contributed by atoms with Crippen LogP contribution in [0.2, 0.25) is 0 Å². The predicted octanol–water partition coefficient (Wildman–Crippen LogP) is 3.35. The highest BCUT2D eigenvalue weighted by Crippen LogP contribution is 2.30. The van der Waals surface area contributed by atoms with Gasteiger partial charge in [0, 0.05) is 25.8 Å². The van der Waals surface area contributed by atoms with Crippen LogP contribution in [0.1, 0.15) is 32.7 Å². The first-order chi connectivity index (χ1) is 16.0. The number of nitrogens with zero attached hydrogens (tertiary/aromatic N) is 2. The molecule has 168 valence electrons. The molecule has 0 N–H and O–H groups in total. The Labute approximate surface area is 190 Å². The SMILES string of the molecule is O=C1C(OCc2cccc(F)c2)C=CC2=CN(CCCN3C(=O)c4ccccc4C3=O)CC12. The number of allylic oxidation sites excluding steroid dienone is 1. The van der Waals surface area contributed by atoms with Crippen molar-refractivity contribution in [2.75, 3.05) is 19.6 Å². The molecule has 0 saturated carbocycles. The summed E-state index contributed by atoms with van der Waals surface area (Å²) in [7, 11) is 0. The Bertz CT molecular complexity index is 1150. The van der Waals surface area contributed by atoms with Crippen LogP contribution in [0.5, 0.6) is 0 Å². The van der Waals surface area contributed by atoms with E-state index in [1.165, 1.54) is 17.0 Å². The molecule has 0 spiro atoms. The van der Waals surface area contributed by atoms with E-state index in [0.29, 0.717) is 42.7 Å². The summed E-state index contributed by atoms with van der Waals surface area (Å²) < 4.78 is 19.1. The number of carbonyl (C=O) groups excluding carboxylic acids is 3. The van der Waals surface area contributed by atoms with Gasteiger partial charge >= 0.3 is 0 Å². The van der Waals surface area contributed by atoms with E-state index in [4.69, 9.17) is 4.74 Å². The molecule has 2 aromatic rings. The maximum Gasteiger partial charge on any atom is 0.261 e. The van der Waals surface area contributed by atoms with Gasteiger partial charge in [-0.3, -0.25) is 19.3 Å². The fraction of sp³-hybridized carbons (Fsp3) is 0.269. The topological polar surface area (TPSA) is 66.9 Å². The molecule has 2 amide bonds. The molecule has 6 nitrogen and oxygen atoms in total. The molecule has 1 aliphatic carbocycles. The van der Waals surface area contributed by atoms with Crippen molar-refractivity contribution in [1.29, 1.82) is 0 Å². The van der Waals surface area contributed by atoms with Crippen LogP contribution in [0.4, 0.5) is 4.39 Å². The number of ketones is 1. The Balaban J connectivity index is 1.13. The highest BCUT2D eigenvalue weighted by molar-refractivity contribution is 6.21.